The minimum Gasteiger partial charge on any atom is -0.472 e. The van der Waals surface area contributed by atoms with E-state index < -0.39 is 17.9 Å². The summed E-state index contributed by atoms with van der Waals surface area (Å²) in [4.78, 5) is 20.5. The summed E-state index contributed by atoms with van der Waals surface area (Å²) in [6, 6.07) is 8.21. The van der Waals surface area contributed by atoms with E-state index in [9.17, 15) is 18.7 Å². The smallest absolute Gasteiger partial charge is 0.284 e. The van der Waals surface area contributed by atoms with Crippen molar-refractivity contribution in [2.24, 2.45) is 0 Å². The first kappa shape index (κ1) is 30.3. The molecule has 4 rings (SSSR count). The van der Waals surface area contributed by atoms with Crippen molar-refractivity contribution in [1.82, 2.24) is 24.9 Å². The van der Waals surface area contributed by atoms with Crippen molar-refractivity contribution in [1.29, 1.82) is 0 Å². The first-order valence-corrected chi connectivity index (χ1v) is 13.1. The number of alkyl halides is 2. The molecule has 1 saturated heterocycles. The van der Waals surface area contributed by atoms with Gasteiger partial charge in [0.25, 0.3) is 11.6 Å². The van der Waals surface area contributed by atoms with E-state index in [4.69, 9.17) is 4.74 Å². The lowest BCUT2D eigenvalue weighted by atomic mass is 10.0. The highest BCUT2D eigenvalue weighted by molar-refractivity contribution is 7.17. The molecule has 1 aliphatic heterocycles. The van der Waals surface area contributed by atoms with Gasteiger partial charge < -0.3 is 14.7 Å². The third-order valence-corrected chi connectivity index (χ3v) is 5.75. The summed E-state index contributed by atoms with van der Waals surface area (Å²) in [5, 5.41) is 18.4. The van der Waals surface area contributed by atoms with Crippen LogP contribution < -0.4 is 4.74 Å². The Morgan fingerprint density at radius 1 is 1.14 bits per heavy atom. The highest BCUT2D eigenvalue weighted by Gasteiger charge is 2.34. The lowest BCUT2D eigenvalue weighted by Crippen LogP contribution is -2.44. The monoisotopic (exact) mass is 535 g/mol. The molecule has 1 amide bonds. The molecule has 3 aromatic rings. The van der Waals surface area contributed by atoms with Crippen molar-refractivity contribution >= 4 is 15.1 Å². The van der Waals surface area contributed by atoms with Crippen molar-refractivity contribution in [3.63, 3.8) is 0 Å². The molecule has 0 bridgehead atoms. The Balaban J connectivity index is 0.00000115. The van der Waals surface area contributed by atoms with Crippen LogP contribution in [0.3, 0.4) is 0 Å². The number of amides is 1. The molecular weight excluding hydrogens is 499 g/mol. The van der Waals surface area contributed by atoms with Crippen LogP contribution in [0.4, 0.5) is 8.78 Å². The van der Waals surface area contributed by atoms with E-state index in [1.807, 2.05) is 27.7 Å². The third kappa shape index (κ3) is 7.52. The Morgan fingerprint density at radius 3 is 2.41 bits per heavy atom. The zero-order chi connectivity index (χ0) is 27.6. The zero-order valence-electron chi connectivity index (χ0n) is 21.9. The van der Waals surface area contributed by atoms with E-state index in [1.54, 1.807) is 29.2 Å². The van der Waals surface area contributed by atoms with Gasteiger partial charge in [-0.1, -0.05) is 49.1 Å². The number of aliphatic hydroxyl groups is 1. The maximum atomic E-state index is 14.0. The van der Waals surface area contributed by atoms with Gasteiger partial charge in [-0.15, -0.1) is 0 Å². The minimum absolute atomic E-state index is 0.0509. The van der Waals surface area contributed by atoms with E-state index >= 15 is 0 Å². The first-order valence-electron chi connectivity index (χ1n) is 12.5. The minimum atomic E-state index is -3.24. The fourth-order valence-corrected chi connectivity index (χ4v) is 4.21. The van der Waals surface area contributed by atoms with Crippen LogP contribution in [0.1, 0.15) is 75.0 Å². The molecule has 11 heteroatoms. The predicted octanol–water partition coefficient (Wildman–Crippen LogP) is 5.38. The van der Waals surface area contributed by atoms with Crippen LogP contribution in [-0.2, 0) is 5.66 Å². The van der Waals surface area contributed by atoms with Crippen LogP contribution in [0.15, 0.2) is 48.9 Å². The average Bonchev–Trinajstić information content (AvgIpc) is 3.45. The SMILES string of the molecule is CC.CC.CC(O)c1c(C(F)(F)P)ccnc1OC1CCCN(C(=O)c2ccccc2-n2nccn2)C1. The van der Waals surface area contributed by atoms with Crippen LogP contribution in [0.25, 0.3) is 5.69 Å². The number of aliphatic hydroxyl groups excluding tert-OH is 1. The quantitative estimate of drug-likeness (QED) is 0.427. The number of benzene rings is 1. The fourth-order valence-electron chi connectivity index (χ4n) is 3.96. The van der Waals surface area contributed by atoms with E-state index in [-0.39, 0.29) is 29.5 Å². The predicted molar refractivity (Wildman–Crippen MR) is 142 cm³/mol. The van der Waals surface area contributed by atoms with Crippen molar-refractivity contribution in [3.8, 4) is 11.6 Å². The average molecular weight is 536 g/mol. The molecule has 1 aromatic carbocycles. The number of aromatic nitrogens is 4. The lowest BCUT2D eigenvalue weighted by molar-refractivity contribution is 0.0510. The Labute approximate surface area is 219 Å². The molecule has 3 unspecified atom stereocenters. The molecule has 1 N–H and O–H groups in total. The second kappa shape index (κ2) is 14.1. The number of halogens is 2. The summed E-state index contributed by atoms with van der Waals surface area (Å²) in [6.07, 6.45) is 3.92. The Hall–Kier alpha value is -2.97. The van der Waals surface area contributed by atoms with Gasteiger partial charge in [-0.05, 0) is 38.0 Å². The normalized spacial score (nSPS) is 16.0. The number of carbonyl (C=O) groups excluding carboxylic acids is 1. The third-order valence-electron chi connectivity index (χ3n) is 5.44. The number of piperidine rings is 1. The van der Waals surface area contributed by atoms with E-state index in [0.717, 1.165) is 0 Å². The van der Waals surface area contributed by atoms with Gasteiger partial charge in [0.1, 0.15) is 6.10 Å². The maximum Gasteiger partial charge on any atom is 0.284 e. The molecule has 0 radical (unpaired) electrons. The molecule has 3 heterocycles. The van der Waals surface area contributed by atoms with Crippen LogP contribution in [0, 0.1) is 0 Å². The second-order valence-electron chi connectivity index (χ2n) is 7.85. The molecule has 202 valence electrons. The molecule has 0 aliphatic carbocycles. The van der Waals surface area contributed by atoms with Gasteiger partial charge in [-0.25, -0.2) is 4.98 Å². The van der Waals surface area contributed by atoms with Crippen LogP contribution in [-0.4, -0.2) is 55.1 Å². The summed E-state index contributed by atoms with van der Waals surface area (Å²) >= 11 is 0. The molecule has 3 atom stereocenters. The molecular formula is C26H36F2N5O3P. The second-order valence-corrected chi connectivity index (χ2v) is 8.57. The van der Waals surface area contributed by atoms with Gasteiger partial charge in [0.05, 0.1) is 41.9 Å². The van der Waals surface area contributed by atoms with Crippen molar-refractivity contribution in [2.45, 2.75) is 65.3 Å². The van der Waals surface area contributed by atoms with Crippen LogP contribution in [0.5, 0.6) is 5.88 Å². The van der Waals surface area contributed by atoms with Gasteiger partial charge in [0.15, 0.2) is 0 Å². The summed E-state index contributed by atoms with van der Waals surface area (Å²) in [7, 11) is 1.47. The highest BCUT2D eigenvalue weighted by atomic mass is 31.0. The molecule has 37 heavy (non-hydrogen) atoms. The van der Waals surface area contributed by atoms with Gasteiger partial charge >= 0.3 is 0 Å². The highest BCUT2D eigenvalue weighted by Crippen LogP contribution is 2.41. The van der Waals surface area contributed by atoms with Gasteiger partial charge in [0.2, 0.25) is 5.88 Å². The number of para-hydroxylation sites is 1. The number of ether oxygens (including phenoxy) is 1. The van der Waals surface area contributed by atoms with Crippen molar-refractivity contribution < 1.29 is 23.4 Å². The molecule has 1 aliphatic rings. The van der Waals surface area contributed by atoms with Gasteiger partial charge in [0, 0.05) is 18.3 Å². The summed E-state index contributed by atoms with van der Waals surface area (Å²) in [6.45, 7) is 10.2. The number of pyridine rings is 1. The standard InChI is InChI=1S/C22H24F2N5O3P.2C2H6/c1-14(30)19-17(22(23,24)33)8-9-25-20(19)32-15-5-4-12-28(13-15)21(31)16-6-2-3-7-18(16)29-26-10-11-27-29;2*1-2/h2-3,6-11,14-15,30H,4-5,12-13,33H2,1H3;2*1-2H3. The summed E-state index contributed by atoms with van der Waals surface area (Å²) < 4.78 is 34.1. The Kier molecular flexibility index (Phi) is 11.5. The molecule has 0 spiro atoms. The summed E-state index contributed by atoms with van der Waals surface area (Å²) in [5.41, 5.74) is -2.66. The van der Waals surface area contributed by atoms with Gasteiger partial charge in [-0.2, -0.15) is 23.8 Å². The fraction of sp³-hybridized carbons (Fsp3) is 0.462. The first-order chi connectivity index (χ1) is 17.8. The largest absolute Gasteiger partial charge is 0.472 e. The topological polar surface area (TPSA) is 93.4 Å². The summed E-state index contributed by atoms with van der Waals surface area (Å²) in [5.74, 6) is -0.254. The maximum absolute atomic E-state index is 14.0. The number of likely N-dealkylation sites (tertiary alicyclic amines) is 1. The number of nitrogens with zero attached hydrogens (tertiary/aromatic N) is 5. The molecule has 8 nitrogen and oxygen atoms in total. The Morgan fingerprint density at radius 2 is 1.78 bits per heavy atom. The van der Waals surface area contributed by atoms with E-state index in [2.05, 4.69) is 15.2 Å². The molecule has 1 fully saturated rings. The lowest BCUT2D eigenvalue weighted by Gasteiger charge is -2.33. The number of rotatable bonds is 6. The van der Waals surface area contributed by atoms with Crippen molar-refractivity contribution in [2.75, 3.05) is 13.1 Å². The van der Waals surface area contributed by atoms with E-state index in [0.29, 0.717) is 30.6 Å². The number of carbonyl (C=O) groups is 1. The van der Waals surface area contributed by atoms with Crippen LogP contribution in [0.2, 0.25) is 0 Å². The Bertz CT molecular complexity index is 1120. The number of hydrogen-bond acceptors (Lipinski definition) is 6. The molecule has 2 aromatic heterocycles. The van der Waals surface area contributed by atoms with Gasteiger partial charge in [-0.3, -0.25) is 4.79 Å². The van der Waals surface area contributed by atoms with Crippen LogP contribution >= 0.6 is 9.24 Å². The number of hydrogen-bond donors (Lipinski definition) is 1. The van der Waals surface area contributed by atoms with E-state index in [1.165, 1.54) is 45.6 Å². The molecule has 0 saturated carbocycles. The zero-order valence-corrected chi connectivity index (χ0v) is 23.1. The van der Waals surface area contributed by atoms with Crippen molar-refractivity contribution in [3.05, 3.63) is 65.6 Å².